The van der Waals surface area contributed by atoms with Gasteiger partial charge < -0.3 is 0 Å². The third-order valence-corrected chi connectivity index (χ3v) is 4.26. The predicted octanol–water partition coefficient (Wildman–Crippen LogP) is 4.31. The molecule has 0 saturated carbocycles. The second-order valence-electron chi connectivity index (χ2n) is 5.57. The third-order valence-electron chi connectivity index (χ3n) is 3.96. The molecule has 0 saturated heterocycles. The number of pyridine rings is 1. The maximum absolute atomic E-state index is 13.4. The molecule has 0 amide bonds. The monoisotopic (exact) mass is 347 g/mol. The average Bonchev–Trinajstić information content (AvgIpc) is 2.54. The largest absolute Gasteiger partial charge is 0.298 e. The van der Waals surface area contributed by atoms with Gasteiger partial charge in [-0.05, 0) is 37.7 Å². The molecule has 124 valence electrons. The van der Waals surface area contributed by atoms with E-state index in [0.29, 0.717) is 5.69 Å². The van der Waals surface area contributed by atoms with E-state index in [1.807, 2.05) is 37.3 Å². The fourth-order valence-corrected chi connectivity index (χ4v) is 3.15. The van der Waals surface area contributed by atoms with Gasteiger partial charge in [0.25, 0.3) is 12.0 Å². The fourth-order valence-electron chi connectivity index (χ4n) is 2.82. The number of nitrogens with zero attached hydrogens (tertiary/aromatic N) is 2. The van der Waals surface area contributed by atoms with Gasteiger partial charge in [-0.1, -0.05) is 30.3 Å². The number of aromatic amines is 1. The van der Waals surface area contributed by atoms with Crippen LogP contribution in [0.3, 0.4) is 0 Å². The van der Waals surface area contributed by atoms with Gasteiger partial charge in [0, 0.05) is 11.3 Å². The quantitative estimate of drug-likeness (QED) is 0.718. The number of H-pyrrole nitrogens is 1. The Labute approximate surface area is 141 Å². The summed E-state index contributed by atoms with van der Waals surface area (Å²) in [5.41, 5.74) is 0.545. The van der Waals surface area contributed by atoms with E-state index in [1.54, 1.807) is 11.5 Å². The lowest BCUT2D eigenvalue weighted by Crippen LogP contribution is -2.20. The zero-order valence-electron chi connectivity index (χ0n) is 13.1. The van der Waals surface area contributed by atoms with E-state index in [2.05, 4.69) is 9.97 Å². The molecular formula is C17H15F2N3OS. The van der Waals surface area contributed by atoms with Crippen LogP contribution >= 0.6 is 12.2 Å². The van der Waals surface area contributed by atoms with Crippen molar-refractivity contribution in [1.82, 2.24) is 14.5 Å². The van der Waals surface area contributed by atoms with Crippen molar-refractivity contribution in [2.75, 3.05) is 0 Å². The summed E-state index contributed by atoms with van der Waals surface area (Å²) in [5.74, 6) is 0. The molecule has 0 fully saturated rings. The average molecular weight is 347 g/mol. The number of aryl methyl sites for hydroxylation is 1. The van der Waals surface area contributed by atoms with E-state index in [9.17, 15) is 13.6 Å². The summed E-state index contributed by atoms with van der Waals surface area (Å²) in [6.45, 7) is 3.50. The van der Waals surface area contributed by atoms with E-state index < -0.39 is 12.0 Å². The predicted molar refractivity (Wildman–Crippen MR) is 91.1 cm³/mol. The van der Waals surface area contributed by atoms with Gasteiger partial charge in [0.15, 0.2) is 4.77 Å². The maximum Gasteiger partial charge on any atom is 0.264 e. The first kappa shape index (κ1) is 16.4. The molecule has 4 nitrogen and oxygen atoms in total. The first-order valence-electron chi connectivity index (χ1n) is 7.39. The summed E-state index contributed by atoms with van der Waals surface area (Å²) in [5, 5.41) is -0.119. The molecule has 0 aliphatic heterocycles. The highest BCUT2D eigenvalue weighted by atomic mass is 32.1. The number of halogens is 2. The molecule has 2 aromatic heterocycles. The highest BCUT2D eigenvalue weighted by Crippen LogP contribution is 2.28. The van der Waals surface area contributed by atoms with Crippen molar-refractivity contribution in [3.8, 4) is 0 Å². The summed E-state index contributed by atoms with van der Waals surface area (Å²) in [4.78, 5) is 19.1. The van der Waals surface area contributed by atoms with Crippen LogP contribution in [0, 0.1) is 11.7 Å². The fraction of sp³-hybridized carbons (Fsp3) is 0.235. The lowest BCUT2D eigenvalue weighted by Gasteiger charge is -2.19. The minimum Gasteiger partial charge on any atom is -0.298 e. The summed E-state index contributed by atoms with van der Waals surface area (Å²) in [6, 6.07) is 10.4. The summed E-state index contributed by atoms with van der Waals surface area (Å²) in [6.07, 6.45) is -2.77. The van der Waals surface area contributed by atoms with E-state index in [1.165, 1.54) is 6.07 Å². The topological polar surface area (TPSA) is 50.7 Å². The van der Waals surface area contributed by atoms with Crippen LogP contribution in [0.1, 0.15) is 36.2 Å². The number of nitrogens with one attached hydrogen (secondary N) is 1. The van der Waals surface area contributed by atoms with Gasteiger partial charge in [0.2, 0.25) is 0 Å². The molecule has 3 rings (SSSR count). The molecule has 1 aromatic carbocycles. The Kier molecular flexibility index (Phi) is 4.28. The smallest absolute Gasteiger partial charge is 0.264 e. The molecule has 2 heterocycles. The SMILES string of the molecule is Cc1cc(C(F)F)c2c(=O)[nH]c(=S)n([C@@H](C)c3ccccc3)c2n1. The number of hydrogen-bond donors (Lipinski definition) is 1. The number of benzene rings is 1. The molecule has 7 heteroatoms. The second kappa shape index (κ2) is 6.24. The maximum atomic E-state index is 13.4. The summed E-state index contributed by atoms with van der Waals surface area (Å²) >= 11 is 5.28. The van der Waals surface area contributed by atoms with Crippen molar-refractivity contribution >= 4 is 23.3 Å². The van der Waals surface area contributed by atoms with Crippen molar-refractivity contribution in [1.29, 1.82) is 0 Å². The molecule has 0 aliphatic carbocycles. The molecule has 0 unspecified atom stereocenters. The third kappa shape index (κ3) is 2.75. The van der Waals surface area contributed by atoms with Crippen LogP contribution in [0.4, 0.5) is 8.78 Å². The van der Waals surface area contributed by atoms with Crippen LogP contribution in [0.2, 0.25) is 0 Å². The highest BCUT2D eigenvalue weighted by Gasteiger charge is 2.21. The molecule has 24 heavy (non-hydrogen) atoms. The van der Waals surface area contributed by atoms with Crippen LogP contribution < -0.4 is 5.56 Å². The Morgan fingerprint density at radius 3 is 2.54 bits per heavy atom. The van der Waals surface area contributed by atoms with Crippen molar-refractivity contribution < 1.29 is 8.78 Å². The minimum absolute atomic E-state index is 0.119. The second-order valence-corrected chi connectivity index (χ2v) is 5.95. The van der Waals surface area contributed by atoms with Crippen molar-refractivity contribution in [3.63, 3.8) is 0 Å². The van der Waals surface area contributed by atoms with E-state index in [0.717, 1.165) is 5.56 Å². The van der Waals surface area contributed by atoms with Crippen LogP contribution in [0.5, 0.6) is 0 Å². The van der Waals surface area contributed by atoms with Gasteiger partial charge in [-0.3, -0.25) is 14.3 Å². The van der Waals surface area contributed by atoms with Crippen molar-refractivity contribution in [2.45, 2.75) is 26.3 Å². The molecule has 0 bridgehead atoms. The Bertz CT molecular complexity index is 1010. The molecular weight excluding hydrogens is 332 g/mol. The number of alkyl halides is 2. The van der Waals surface area contributed by atoms with E-state index in [4.69, 9.17) is 12.2 Å². The van der Waals surface area contributed by atoms with Gasteiger partial charge in [-0.2, -0.15) is 0 Å². The van der Waals surface area contributed by atoms with Crippen molar-refractivity contribution in [2.24, 2.45) is 0 Å². The normalized spacial score (nSPS) is 12.7. The molecule has 0 spiro atoms. The van der Waals surface area contributed by atoms with Crippen molar-refractivity contribution in [3.05, 3.63) is 68.3 Å². The molecule has 1 atom stereocenters. The van der Waals surface area contributed by atoms with Gasteiger partial charge in [-0.25, -0.2) is 13.8 Å². The number of fused-ring (bicyclic) bond motifs is 1. The van der Waals surface area contributed by atoms with E-state index in [-0.39, 0.29) is 27.4 Å². The Hall–Kier alpha value is -2.41. The number of rotatable bonds is 3. The molecule has 0 radical (unpaired) electrons. The Morgan fingerprint density at radius 1 is 1.25 bits per heavy atom. The minimum atomic E-state index is -2.77. The van der Waals surface area contributed by atoms with Crippen LogP contribution in [0.25, 0.3) is 11.0 Å². The van der Waals surface area contributed by atoms with Gasteiger partial charge >= 0.3 is 0 Å². The van der Waals surface area contributed by atoms with Crippen LogP contribution in [-0.4, -0.2) is 14.5 Å². The lowest BCUT2D eigenvalue weighted by atomic mass is 10.1. The van der Waals surface area contributed by atoms with E-state index >= 15 is 0 Å². The first-order valence-corrected chi connectivity index (χ1v) is 7.80. The standard InChI is InChI=1S/C17H15F2N3OS/c1-9-8-12(14(18)19)13-15(20-9)22(17(24)21-16(13)23)10(2)11-6-4-3-5-7-11/h3-8,10,14H,1-2H3,(H,21,23,24)/t10-/m0/s1. The molecule has 1 N–H and O–H groups in total. The van der Waals surface area contributed by atoms with Gasteiger partial charge in [0.05, 0.1) is 11.4 Å². The van der Waals surface area contributed by atoms with Gasteiger partial charge in [0.1, 0.15) is 5.65 Å². The zero-order chi connectivity index (χ0) is 17.4. The van der Waals surface area contributed by atoms with Crippen LogP contribution in [-0.2, 0) is 0 Å². The van der Waals surface area contributed by atoms with Gasteiger partial charge in [-0.15, -0.1) is 0 Å². The highest BCUT2D eigenvalue weighted by molar-refractivity contribution is 7.71. The summed E-state index contributed by atoms with van der Waals surface area (Å²) < 4.78 is 28.6. The Morgan fingerprint density at radius 2 is 1.92 bits per heavy atom. The number of hydrogen-bond acceptors (Lipinski definition) is 3. The lowest BCUT2D eigenvalue weighted by molar-refractivity contribution is 0.153. The molecule has 3 aromatic rings. The summed E-state index contributed by atoms with van der Waals surface area (Å²) in [7, 11) is 0. The van der Waals surface area contributed by atoms with Crippen LogP contribution in [0.15, 0.2) is 41.2 Å². The zero-order valence-corrected chi connectivity index (χ0v) is 13.9. The Balaban J connectivity index is 2.41. The molecule has 0 aliphatic rings. The number of aromatic nitrogens is 3. The first-order chi connectivity index (χ1) is 11.4.